The number of rotatable bonds is 14. The molecule has 0 fully saturated rings. The first-order valence-electron chi connectivity index (χ1n) is 11.5. The van der Waals surface area contributed by atoms with Gasteiger partial charge in [0.05, 0.1) is 11.1 Å². The quantitative estimate of drug-likeness (QED) is 0.240. The zero-order valence-corrected chi connectivity index (χ0v) is 19.3. The molecule has 0 saturated carbocycles. The first kappa shape index (κ1) is 23.1. The van der Waals surface area contributed by atoms with E-state index >= 15 is 0 Å². The Hall–Kier alpha value is -1.16. The van der Waals surface area contributed by atoms with E-state index < -0.39 is 0 Å². The van der Waals surface area contributed by atoms with Crippen LogP contribution in [0.3, 0.4) is 0 Å². The third kappa shape index (κ3) is 5.92. The summed E-state index contributed by atoms with van der Waals surface area (Å²) in [6, 6.07) is 0. The molecule has 1 aliphatic rings. The van der Waals surface area contributed by atoms with Crippen LogP contribution in [0.2, 0.25) is 0 Å². The Balaban J connectivity index is 1.94. The molecule has 1 unspecified atom stereocenters. The molecule has 1 aromatic heterocycles. The Kier molecular flexibility index (Phi) is 9.70. The van der Waals surface area contributed by atoms with Gasteiger partial charge in [-0.15, -0.1) is 11.3 Å². The van der Waals surface area contributed by atoms with E-state index in [0.29, 0.717) is 23.6 Å². The Labute approximate surface area is 175 Å². The molecule has 2 heterocycles. The van der Waals surface area contributed by atoms with E-state index in [4.69, 9.17) is 0 Å². The van der Waals surface area contributed by atoms with E-state index in [0.717, 1.165) is 22.6 Å². The number of carbonyl (C=O) groups is 2. The largest absolute Gasteiger partial charge is 0.274 e. The number of nitrogens with zero attached hydrogens (tertiary/aromatic N) is 1. The van der Waals surface area contributed by atoms with E-state index in [1.54, 1.807) is 16.2 Å². The van der Waals surface area contributed by atoms with Crippen LogP contribution in [-0.2, 0) is 0 Å². The van der Waals surface area contributed by atoms with Gasteiger partial charge in [-0.1, -0.05) is 78.1 Å². The molecule has 28 heavy (non-hydrogen) atoms. The molecule has 4 heteroatoms. The van der Waals surface area contributed by atoms with Gasteiger partial charge in [0, 0.05) is 16.3 Å². The minimum Gasteiger partial charge on any atom is -0.274 e. The molecule has 0 N–H and O–H groups in total. The smallest absolute Gasteiger partial charge is 0.262 e. The Morgan fingerprint density at radius 3 is 1.64 bits per heavy atom. The second kappa shape index (κ2) is 11.7. The van der Waals surface area contributed by atoms with Crippen LogP contribution in [0.25, 0.3) is 0 Å². The van der Waals surface area contributed by atoms with Gasteiger partial charge in [-0.05, 0) is 32.6 Å². The molecular formula is C24H39NO2S. The van der Waals surface area contributed by atoms with E-state index in [1.165, 1.54) is 64.2 Å². The number of unbranched alkanes of at least 4 members (excludes halogenated alkanes) is 8. The van der Waals surface area contributed by atoms with Crippen molar-refractivity contribution in [3.05, 3.63) is 20.9 Å². The lowest BCUT2D eigenvalue weighted by molar-refractivity contribution is 0.0621. The summed E-state index contributed by atoms with van der Waals surface area (Å²) in [5, 5.41) is 0. The predicted molar refractivity (Wildman–Crippen MR) is 119 cm³/mol. The van der Waals surface area contributed by atoms with Gasteiger partial charge in [0.2, 0.25) is 0 Å². The summed E-state index contributed by atoms with van der Waals surface area (Å²) in [5.41, 5.74) is 1.36. The molecule has 1 aromatic rings. The molecule has 1 atom stereocenters. The Bertz CT molecular complexity index is 613. The monoisotopic (exact) mass is 405 g/mol. The number of aryl methyl sites for hydroxylation is 2. The van der Waals surface area contributed by atoms with Gasteiger partial charge in [0.1, 0.15) is 0 Å². The molecule has 3 nitrogen and oxygen atoms in total. The SMILES string of the molecule is CCCCCCCCC(CCCCCC)CN1C(=O)c2c(C)sc(C)c2C1=O. The van der Waals surface area contributed by atoms with Crippen molar-refractivity contribution in [1.29, 1.82) is 0 Å². The van der Waals surface area contributed by atoms with E-state index in [1.807, 2.05) is 13.8 Å². The summed E-state index contributed by atoms with van der Waals surface area (Å²) in [5.74, 6) is 0.343. The molecule has 0 spiro atoms. The van der Waals surface area contributed by atoms with Gasteiger partial charge < -0.3 is 0 Å². The summed E-state index contributed by atoms with van der Waals surface area (Å²) in [6.45, 7) is 9.02. The van der Waals surface area contributed by atoms with Crippen molar-refractivity contribution in [3.63, 3.8) is 0 Å². The standard InChI is InChI=1S/C24H39NO2S/c1-5-7-9-11-12-14-16-20(15-13-10-8-6-2)17-25-23(26)21-18(3)28-19(4)22(21)24(25)27/h20H,5-17H2,1-4H3. The molecule has 158 valence electrons. The molecule has 2 amide bonds. The van der Waals surface area contributed by atoms with Crippen LogP contribution in [0.5, 0.6) is 0 Å². The number of imide groups is 1. The molecule has 0 aromatic carbocycles. The fraction of sp³-hybridized carbons (Fsp3) is 0.750. The third-order valence-electron chi connectivity index (χ3n) is 6.05. The van der Waals surface area contributed by atoms with Gasteiger partial charge in [-0.3, -0.25) is 14.5 Å². The maximum absolute atomic E-state index is 12.9. The van der Waals surface area contributed by atoms with Crippen molar-refractivity contribution in [2.45, 2.75) is 105 Å². The molecule has 0 aliphatic carbocycles. The summed E-state index contributed by atoms with van der Waals surface area (Å²) in [6.07, 6.45) is 15.0. The summed E-state index contributed by atoms with van der Waals surface area (Å²) in [4.78, 5) is 29.4. The third-order valence-corrected chi connectivity index (χ3v) is 7.07. The highest BCUT2D eigenvalue weighted by Gasteiger charge is 2.40. The van der Waals surface area contributed by atoms with Crippen molar-refractivity contribution in [2.75, 3.05) is 6.54 Å². The lowest BCUT2D eigenvalue weighted by Gasteiger charge is -2.23. The van der Waals surface area contributed by atoms with Gasteiger partial charge in [-0.25, -0.2) is 0 Å². The van der Waals surface area contributed by atoms with Gasteiger partial charge in [-0.2, -0.15) is 0 Å². The number of amides is 2. The molecule has 0 bridgehead atoms. The van der Waals surface area contributed by atoms with Gasteiger partial charge in [0.25, 0.3) is 11.8 Å². The number of carbonyl (C=O) groups excluding carboxylic acids is 2. The van der Waals surface area contributed by atoms with Gasteiger partial charge in [0.15, 0.2) is 0 Å². The van der Waals surface area contributed by atoms with Crippen LogP contribution in [-0.4, -0.2) is 23.3 Å². The first-order chi connectivity index (χ1) is 13.5. The van der Waals surface area contributed by atoms with Crippen LogP contribution in [0.1, 0.15) is 121 Å². The fourth-order valence-electron chi connectivity index (χ4n) is 4.39. The number of hydrogen-bond donors (Lipinski definition) is 0. The van der Waals surface area contributed by atoms with Crippen molar-refractivity contribution < 1.29 is 9.59 Å². The van der Waals surface area contributed by atoms with Crippen molar-refractivity contribution >= 4 is 23.2 Å². The summed E-state index contributed by atoms with van der Waals surface area (Å²) in [7, 11) is 0. The number of thiophene rings is 1. The van der Waals surface area contributed by atoms with Crippen molar-refractivity contribution in [2.24, 2.45) is 5.92 Å². The molecule has 2 rings (SSSR count). The molecule has 0 saturated heterocycles. The van der Waals surface area contributed by atoms with E-state index in [-0.39, 0.29) is 11.8 Å². The van der Waals surface area contributed by atoms with Crippen LogP contribution in [0.15, 0.2) is 0 Å². The second-order valence-electron chi connectivity index (χ2n) is 8.46. The lowest BCUT2D eigenvalue weighted by atomic mass is 9.93. The zero-order chi connectivity index (χ0) is 20.5. The van der Waals surface area contributed by atoms with E-state index in [2.05, 4.69) is 13.8 Å². The molecular weight excluding hydrogens is 366 g/mol. The Morgan fingerprint density at radius 1 is 0.714 bits per heavy atom. The average molecular weight is 406 g/mol. The second-order valence-corrected chi connectivity index (χ2v) is 9.89. The molecule has 0 radical (unpaired) electrons. The summed E-state index contributed by atoms with van der Waals surface area (Å²) >= 11 is 1.57. The highest BCUT2D eigenvalue weighted by Crippen LogP contribution is 2.35. The highest BCUT2D eigenvalue weighted by atomic mass is 32.1. The average Bonchev–Trinajstić information content (AvgIpc) is 3.10. The fourth-order valence-corrected chi connectivity index (χ4v) is 5.43. The number of fused-ring (bicyclic) bond motifs is 1. The minimum absolute atomic E-state index is 0.0525. The van der Waals surface area contributed by atoms with Crippen molar-refractivity contribution in [3.8, 4) is 0 Å². The maximum Gasteiger partial charge on any atom is 0.262 e. The molecule has 1 aliphatic heterocycles. The van der Waals surface area contributed by atoms with Crippen LogP contribution in [0, 0.1) is 19.8 Å². The maximum atomic E-state index is 12.9. The minimum atomic E-state index is -0.0525. The topological polar surface area (TPSA) is 37.4 Å². The van der Waals surface area contributed by atoms with Crippen molar-refractivity contribution in [1.82, 2.24) is 4.90 Å². The van der Waals surface area contributed by atoms with Crippen LogP contribution >= 0.6 is 11.3 Å². The highest BCUT2D eigenvalue weighted by molar-refractivity contribution is 7.12. The predicted octanol–water partition coefficient (Wildman–Crippen LogP) is 7.30. The van der Waals surface area contributed by atoms with Gasteiger partial charge >= 0.3 is 0 Å². The first-order valence-corrected chi connectivity index (χ1v) is 12.3. The van der Waals surface area contributed by atoms with Crippen LogP contribution in [0.4, 0.5) is 0 Å². The number of hydrogen-bond acceptors (Lipinski definition) is 3. The normalized spacial score (nSPS) is 14.8. The Morgan fingerprint density at radius 2 is 1.14 bits per heavy atom. The van der Waals surface area contributed by atoms with E-state index in [9.17, 15) is 9.59 Å². The summed E-state index contributed by atoms with van der Waals surface area (Å²) < 4.78 is 0. The lowest BCUT2D eigenvalue weighted by Crippen LogP contribution is -2.35. The van der Waals surface area contributed by atoms with Crippen LogP contribution < -0.4 is 0 Å². The zero-order valence-electron chi connectivity index (χ0n) is 18.4.